The van der Waals surface area contributed by atoms with Crippen molar-refractivity contribution in [3.63, 3.8) is 0 Å². The van der Waals surface area contributed by atoms with Crippen LogP contribution in [0, 0.1) is 5.92 Å². The molecule has 0 fully saturated rings. The Morgan fingerprint density at radius 2 is 1.50 bits per heavy atom. The highest BCUT2D eigenvalue weighted by Gasteiger charge is 2.01. The van der Waals surface area contributed by atoms with Gasteiger partial charge in [-0.3, -0.25) is 0 Å². The molecular formula is C14H28. The Morgan fingerprint density at radius 3 is 2.00 bits per heavy atom. The summed E-state index contributed by atoms with van der Waals surface area (Å²) < 4.78 is 0. The molecule has 0 aliphatic carbocycles. The van der Waals surface area contributed by atoms with Crippen molar-refractivity contribution in [2.24, 2.45) is 5.92 Å². The first-order chi connectivity index (χ1) is 6.68. The van der Waals surface area contributed by atoms with E-state index in [-0.39, 0.29) is 0 Å². The van der Waals surface area contributed by atoms with E-state index in [4.69, 9.17) is 0 Å². The summed E-state index contributed by atoms with van der Waals surface area (Å²) in [6.45, 7) is 10.7. The molecule has 0 radical (unpaired) electrons. The maximum absolute atomic E-state index is 3.99. The lowest BCUT2D eigenvalue weighted by molar-refractivity contribution is 0.525. The SMILES string of the molecule is C=C(C)C(C)CCCCCCCCC. The third-order valence-corrected chi connectivity index (χ3v) is 3.08. The lowest BCUT2D eigenvalue weighted by atomic mass is 9.96. The highest BCUT2D eigenvalue weighted by atomic mass is 14.1. The lowest BCUT2D eigenvalue weighted by Gasteiger charge is -2.10. The smallest absolute Gasteiger partial charge is 0.0237 e. The van der Waals surface area contributed by atoms with Crippen LogP contribution in [0.15, 0.2) is 12.2 Å². The van der Waals surface area contributed by atoms with Crippen LogP contribution < -0.4 is 0 Å². The van der Waals surface area contributed by atoms with Crippen LogP contribution in [0.3, 0.4) is 0 Å². The molecule has 1 atom stereocenters. The summed E-state index contributed by atoms with van der Waals surface area (Å²) >= 11 is 0. The minimum absolute atomic E-state index is 0.727. The van der Waals surface area contributed by atoms with Crippen molar-refractivity contribution in [3.05, 3.63) is 12.2 Å². The van der Waals surface area contributed by atoms with E-state index in [0.29, 0.717) is 0 Å². The average molecular weight is 196 g/mol. The van der Waals surface area contributed by atoms with E-state index < -0.39 is 0 Å². The molecule has 0 aromatic heterocycles. The Kier molecular flexibility index (Phi) is 9.13. The number of hydrogen-bond donors (Lipinski definition) is 0. The summed E-state index contributed by atoms with van der Waals surface area (Å²) in [5.74, 6) is 0.727. The van der Waals surface area contributed by atoms with Crippen LogP contribution in [0.1, 0.15) is 72.1 Å². The van der Waals surface area contributed by atoms with Gasteiger partial charge in [0.1, 0.15) is 0 Å². The van der Waals surface area contributed by atoms with Gasteiger partial charge in [-0.1, -0.05) is 70.9 Å². The molecule has 0 rings (SSSR count). The molecule has 0 aliphatic heterocycles. The summed E-state index contributed by atoms with van der Waals surface area (Å²) in [5, 5.41) is 0. The molecule has 14 heavy (non-hydrogen) atoms. The highest BCUT2D eigenvalue weighted by molar-refractivity contribution is 4.93. The molecular weight excluding hydrogens is 168 g/mol. The molecule has 0 aliphatic rings. The van der Waals surface area contributed by atoms with Gasteiger partial charge in [0.05, 0.1) is 0 Å². The minimum Gasteiger partial charge on any atom is -0.0999 e. The zero-order chi connectivity index (χ0) is 10.8. The van der Waals surface area contributed by atoms with Crippen LogP contribution >= 0.6 is 0 Å². The molecule has 0 spiro atoms. The molecule has 0 aromatic rings. The van der Waals surface area contributed by atoms with Gasteiger partial charge in [-0.05, 0) is 19.3 Å². The molecule has 0 saturated heterocycles. The monoisotopic (exact) mass is 196 g/mol. The maximum atomic E-state index is 3.99. The molecule has 1 unspecified atom stereocenters. The normalized spacial score (nSPS) is 12.8. The van der Waals surface area contributed by atoms with Crippen molar-refractivity contribution in [1.29, 1.82) is 0 Å². The average Bonchev–Trinajstić information content (AvgIpc) is 2.16. The van der Waals surface area contributed by atoms with Gasteiger partial charge < -0.3 is 0 Å². The maximum Gasteiger partial charge on any atom is -0.0237 e. The molecule has 84 valence electrons. The van der Waals surface area contributed by atoms with Gasteiger partial charge >= 0.3 is 0 Å². The molecule has 0 aromatic carbocycles. The molecule has 0 heteroatoms. The second-order valence-electron chi connectivity index (χ2n) is 4.66. The summed E-state index contributed by atoms with van der Waals surface area (Å²) in [7, 11) is 0. The van der Waals surface area contributed by atoms with Gasteiger partial charge in [0, 0.05) is 0 Å². The van der Waals surface area contributed by atoms with Crippen molar-refractivity contribution in [3.8, 4) is 0 Å². The van der Waals surface area contributed by atoms with Crippen LogP contribution in [0.2, 0.25) is 0 Å². The van der Waals surface area contributed by atoms with Crippen molar-refractivity contribution in [1.82, 2.24) is 0 Å². The highest BCUT2D eigenvalue weighted by Crippen LogP contribution is 2.17. The van der Waals surface area contributed by atoms with Gasteiger partial charge in [-0.15, -0.1) is 0 Å². The van der Waals surface area contributed by atoms with Crippen molar-refractivity contribution < 1.29 is 0 Å². The Morgan fingerprint density at radius 1 is 1.00 bits per heavy atom. The summed E-state index contributed by atoms with van der Waals surface area (Å²) in [6, 6.07) is 0. The predicted octanol–water partition coefficient (Wildman–Crippen LogP) is 5.34. The van der Waals surface area contributed by atoms with Gasteiger partial charge in [0.25, 0.3) is 0 Å². The van der Waals surface area contributed by atoms with Crippen LogP contribution in [0.25, 0.3) is 0 Å². The first kappa shape index (κ1) is 13.7. The zero-order valence-corrected chi connectivity index (χ0v) is 10.4. The first-order valence-electron chi connectivity index (χ1n) is 6.33. The van der Waals surface area contributed by atoms with Gasteiger partial charge in [0.2, 0.25) is 0 Å². The fourth-order valence-electron chi connectivity index (χ4n) is 1.65. The second-order valence-corrected chi connectivity index (χ2v) is 4.66. The van der Waals surface area contributed by atoms with Crippen molar-refractivity contribution >= 4 is 0 Å². The van der Waals surface area contributed by atoms with E-state index in [1.165, 1.54) is 56.9 Å². The van der Waals surface area contributed by atoms with Gasteiger partial charge in [0.15, 0.2) is 0 Å². The zero-order valence-electron chi connectivity index (χ0n) is 10.4. The van der Waals surface area contributed by atoms with Crippen molar-refractivity contribution in [2.45, 2.75) is 72.1 Å². The third kappa shape index (κ3) is 8.34. The minimum atomic E-state index is 0.727. The van der Waals surface area contributed by atoms with Crippen molar-refractivity contribution in [2.75, 3.05) is 0 Å². The molecule has 0 bridgehead atoms. The van der Waals surface area contributed by atoms with E-state index in [1.807, 2.05) is 0 Å². The van der Waals surface area contributed by atoms with Gasteiger partial charge in [-0.25, -0.2) is 0 Å². The number of rotatable bonds is 9. The summed E-state index contributed by atoms with van der Waals surface area (Å²) in [6.07, 6.45) is 11.2. The van der Waals surface area contributed by atoms with Crippen LogP contribution in [0.5, 0.6) is 0 Å². The van der Waals surface area contributed by atoms with Crippen LogP contribution in [0.4, 0.5) is 0 Å². The standard InChI is InChI=1S/C14H28/c1-5-6-7-8-9-10-11-12-14(4)13(2)3/h14H,2,5-12H2,1,3-4H3. The fraction of sp³-hybridized carbons (Fsp3) is 0.857. The first-order valence-corrected chi connectivity index (χ1v) is 6.33. The van der Waals surface area contributed by atoms with E-state index in [9.17, 15) is 0 Å². The third-order valence-electron chi connectivity index (χ3n) is 3.08. The van der Waals surface area contributed by atoms with E-state index >= 15 is 0 Å². The molecule has 0 nitrogen and oxygen atoms in total. The quantitative estimate of drug-likeness (QED) is 0.345. The van der Waals surface area contributed by atoms with Gasteiger partial charge in [-0.2, -0.15) is 0 Å². The summed E-state index contributed by atoms with van der Waals surface area (Å²) in [5.41, 5.74) is 1.34. The number of hydrogen-bond acceptors (Lipinski definition) is 0. The van der Waals surface area contributed by atoms with Crippen LogP contribution in [-0.4, -0.2) is 0 Å². The topological polar surface area (TPSA) is 0 Å². The largest absolute Gasteiger partial charge is 0.0999 e. The molecule has 0 saturated carbocycles. The fourth-order valence-corrected chi connectivity index (χ4v) is 1.65. The Bertz CT molecular complexity index is 135. The Balaban J connectivity index is 3.09. The Hall–Kier alpha value is -0.260. The van der Waals surface area contributed by atoms with E-state index in [0.717, 1.165) is 5.92 Å². The van der Waals surface area contributed by atoms with E-state index in [1.54, 1.807) is 0 Å². The van der Waals surface area contributed by atoms with E-state index in [2.05, 4.69) is 27.4 Å². The molecule has 0 N–H and O–H groups in total. The predicted molar refractivity (Wildman–Crippen MR) is 66.6 cm³/mol. The summed E-state index contributed by atoms with van der Waals surface area (Å²) in [4.78, 5) is 0. The second kappa shape index (κ2) is 9.30. The Labute approximate surface area is 90.8 Å². The molecule has 0 heterocycles. The number of unbranched alkanes of at least 4 members (excludes halogenated alkanes) is 6. The lowest BCUT2D eigenvalue weighted by Crippen LogP contribution is -1.94. The van der Waals surface area contributed by atoms with Crippen LogP contribution in [-0.2, 0) is 0 Å². The number of allylic oxidation sites excluding steroid dienone is 1. The molecule has 0 amide bonds.